The molecule has 2 rings (SSSR count). The number of hydrogen-bond acceptors (Lipinski definition) is 4. The van der Waals surface area contributed by atoms with E-state index < -0.39 is 0 Å². The van der Waals surface area contributed by atoms with Gasteiger partial charge in [0.1, 0.15) is 10.8 Å². The number of thiol groups is 1. The predicted molar refractivity (Wildman–Crippen MR) is 66.8 cm³/mol. The van der Waals surface area contributed by atoms with Gasteiger partial charge in [-0.25, -0.2) is 4.98 Å². The van der Waals surface area contributed by atoms with Crippen LogP contribution in [0.3, 0.4) is 0 Å². The molecule has 0 N–H and O–H groups in total. The number of hydrogen-bond donors (Lipinski definition) is 1. The molecule has 0 saturated carbocycles. The fourth-order valence-electron chi connectivity index (χ4n) is 1.36. The zero-order valence-corrected chi connectivity index (χ0v) is 10.0. The molecule has 0 unspecified atom stereocenters. The molecule has 0 saturated heterocycles. The van der Waals surface area contributed by atoms with Gasteiger partial charge in [-0.1, -0.05) is 12.1 Å². The second-order valence-electron chi connectivity index (χ2n) is 2.98. The van der Waals surface area contributed by atoms with Gasteiger partial charge in [0.15, 0.2) is 0 Å². The van der Waals surface area contributed by atoms with Crippen molar-refractivity contribution in [3.63, 3.8) is 0 Å². The standard InChI is InChI=1S/C11H11NOS2/c1-13-10-5-3-2-4-8(10)9-7-15-11(6-14)12-9/h2-5,7,14H,6H2,1H3. The second kappa shape index (κ2) is 4.68. The molecule has 2 nitrogen and oxygen atoms in total. The molecule has 0 fully saturated rings. The van der Waals surface area contributed by atoms with Crippen molar-refractivity contribution in [1.82, 2.24) is 4.98 Å². The summed E-state index contributed by atoms with van der Waals surface area (Å²) in [6, 6.07) is 7.89. The van der Waals surface area contributed by atoms with E-state index in [-0.39, 0.29) is 0 Å². The molecule has 78 valence electrons. The van der Waals surface area contributed by atoms with Crippen LogP contribution in [-0.2, 0) is 5.75 Å². The lowest BCUT2D eigenvalue weighted by molar-refractivity contribution is 0.416. The minimum Gasteiger partial charge on any atom is -0.496 e. The Kier molecular flexibility index (Phi) is 3.28. The highest BCUT2D eigenvalue weighted by Crippen LogP contribution is 2.30. The van der Waals surface area contributed by atoms with E-state index in [0.29, 0.717) is 5.75 Å². The molecule has 0 aliphatic carbocycles. The minimum absolute atomic E-state index is 0.680. The van der Waals surface area contributed by atoms with Gasteiger partial charge in [0, 0.05) is 16.7 Å². The van der Waals surface area contributed by atoms with Crippen LogP contribution in [0.2, 0.25) is 0 Å². The zero-order valence-electron chi connectivity index (χ0n) is 8.30. The summed E-state index contributed by atoms with van der Waals surface area (Å²) in [4.78, 5) is 4.47. The Morgan fingerprint density at radius 1 is 1.40 bits per heavy atom. The van der Waals surface area contributed by atoms with Gasteiger partial charge in [-0.15, -0.1) is 11.3 Å². The normalized spacial score (nSPS) is 10.3. The van der Waals surface area contributed by atoms with Crippen molar-refractivity contribution in [3.05, 3.63) is 34.7 Å². The zero-order chi connectivity index (χ0) is 10.7. The van der Waals surface area contributed by atoms with Crippen LogP contribution in [0.5, 0.6) is 5.75 Å². The highest BCUT2D eigenvalue weighted by molar-refractivity contribution is 7.79. The number of thiazole rings is 1. The molecule has 0 spiro atoms. The van der Waals surface area contributed by atoms with Crippen LogP contribution in [0.25, 0.3) is 11.3 Å². The monoisotopic (exact) mass is 237 g/mol. The van der Waals surface area contributed by atoms with Crippen LogP contribution in [0.4, 0.5) is 0 Å². The van der Waals surface area contributed by atoms with Gasteiger partial charge in [0.25, 0.3) is 0 Å². The quantitative estimate of drug-likeness (QED) is 0.828. The van der Waals surface area contributed by atoms with Crippen LogP contribution < -0.4 is 4.74 Å². The first-order chi connectivity index (χ1) is 7.35. The smallest absolute Gasteiger partial charge is 0.128 e. The molecule has 0 atom stereocenters. The SMILES string of the molecule is COc1ccccc1-c1csc(CS)n1. The van der Waals surface area contributed by atoms with Crippen LogP contribution in [0, 0.1) is 0 Å². The molecule has 0 aliphatic rings. The predicted octanol–water partition coefficient (Wildman–Crippen LogP) is 3.25. The van der Waals surface area contributed by atoms with E-state index in [0.717, 1.165) is 22.0 Å². The summed E-state index contributed by atoms with van der Waals surface area (Å²) in [5, 5.41) is 3.06. The van der Waals surface area contributed by atoms with E-state index >= 15 is 0 Å². The molecule has 0 bridgehead atoms. The van der Waals surface area contributed by atoms with Gasteiger partial charge in [-0.05, 0) is 12.1 Å². The van der Waals surface area contributed by atoms with Crippen molar-refractivity contribution in [1.29, 1.82) is 0 Å². The molecule has 0 amide bonds. The van der Waals surface area contributed by atoms with Crippen LogP contribution >= 0.6 is 24.0 Å². The molecule has 0 radical (unpaired) electrons. The van der Waals surface area contributed by atoms with Crippen molar-refractivity contribution in [2.24, 2.45) is 0 Å². The summed E-state index contributed by atoms with van der Waals surface area (Å²) in [6.07, 6.45) is 0. The number of para-hydroxylation sites is 1. The average Bonchev–Trinajstić information content (AvgIpc) is 2.77. The molecule has 1 aromatic heterocycles. The maximum atomic E-state index is 5.29. The van der Waals surface area contributed by atoms with Crippen molar-refractivity contribution in [2.75, 3.05) is 7.11 Å². The van der Waals surface area contributed by atoms with Crippen LogP contribution in [0.1, 0.15) is 5.01 Å². The largest absolute Gasteiger partial charge is 0.496 e. The number of benzene rings is 1. The Balaban J connectivity index is 2.44. The van der Waals surface area contributed by atoms with Gasteiger partial charge >= 0.3 is 0 Å². The van der Waals surface area contributed by atoms with Gasteiger partial charge in [-0.3, -0.25) is 0 Å². The lowest BCUT2D eigenvalue weighted by Gasteiger charge is -2.04. The lowest BCUT2D eigenvalue weighted by atomic mass is 10.1. The second-order valence-corrected chi connectivity index (χ2v) is 4.24. The Morgan fingerprint density at radius 2 is 2.20 bits per heavy atom. The first kappa shape index (κ1) is 10.5. The first-order valence-corrected chi connectivity index (χ1v) is 6.05. The number of rotatable bonds is 3. The summed E-state index contributed by atoms with van der Waals surface area (Å²) in [6.45, 7) is 0. The summed E-state index contributed by atoms with van der Waals surface area (Å²) in [5.41, 5.74) is 1.99. The first-order valence-electron chi connectivity index (χ1n) is 4.54. The van der Waals surface area contributed by atoms with E-state index in [4.69, 9.17) is 4.74 Å². The van der Waals surface area contributed by atoms with Crippen molar-refractivity contribution >= 4 is 24.0 Å². The van der Waals surface area contributed by atoms with Crippen LogP contribution in [-0.4, -0.2) is 12.1 Å². The fraction of sp³-hybridized carbons (Fsp3) is 0.182. The minimum atomic E-state index is 0.680. The third kappa shape index (κ3) is 2.16. The summed E-state index contributed by atoms with van der Waals surface area (Å²) >= 11 is 5.82. The molecule has 1 aromatic carbocycles. The topological polar surface area (TPSA) is 22.1 Å². The molecule has 0 aliphatic heterocycles. The fourth-order valence-corrected chi connectivity index (χ4v) is 2.31. The number of nitrogens with zero attached hydrogens (tertiary/aromatic N) is 1. The Bertz CT molecular complexity index is 453. The molecule has 1 heterocycles. The lowest BCUT2D eigenvalue weighted by Crippen LogP contribution is -1.87. The average molecular weight is 237 g/mol. The van der Waals surface area contributed by atoms with E-state index in [2.05, 4.69) is 17.6 Å². The Morgan fingerprint density at radius 3 is 2.87 bits per heavy atom. The highest BCUT2D eigenvalue weighted by Gasteiger charge is 2.08. The number of methoxy groups -OCH3 is 1. The summed E-state index contributed by atoms with van der Waals surface area (Å²) in [7, 11) is 1.67. The van der Waals surface area contributed by atoms with Gasteiger partial charge in [0.2, 0.25) is 0 Å². The maximum Gasteiger partial charge on any atom is 0.128 e. The third-order valence-corrected chi connectivity index (χ3v) is 3.43. The van der Waals surface area contributed by atoms with Gasteiger partial charge in [0.05, 0.1) is 12.8 Å². The molecule has 4 heteroatoms. The molecule has 2 aromatic rings. The molecular formula is C11H11NOS2. The number of ether oxygens (including phenoxy) is 1. The van der Waals surface area contributed by atoms with Crippen LogP contribution in [0.15, 0.2) is 29.6 Å². The van der Waals surface area contributed by atoms with Crippen molar-refractivity contribution in [3.8, 4) is 17.0 Å². The Labute approximate surface area is 98.3 Å². The highest BCUT2D eigenvalue weighted by atomic mass is 32.1. The molecular weight excluding hydrogens is 226 g/mol. The summed E-state index contributed by atoms with van der Waals surface area (Å²) < 4.78 is 5.29. The maximum absolute atomic E-state index is 5.29. The summed E-state index contributed by atoms with van der Waals surface area (Å²) in [5.74, 6) is 1.54. The van der Waals surface area contributed by atoms with E-state index in [9.17, 15) is 0 Å². The van der Waals surface area contributed by atoms with Crippen molar-refractivity contribution < 1.29 is 4.74 Å². The molecule has 15 heavy (non-hydrogen) atoms. The van der Waals surface area contributed by atoms with E-state index in [1.165, 1.54) is 0 Å². The Hall–Kier alpha value is -1.00. The van der Waals surface area contributed by atoms with E-state index in [1.807, 2.05) is 29.6 Å². The van der Waals surface area contributed by atoms with E-state index in [1.54, 1.807) is 18.4 Å². The third-order valence-electron chi connectivity index (χ3n) is 2.07. The van der Waals surface area contributed by atoms with Crippen molar-refractivity contribution in [2.45, 2.75) is 5.75 Å². The van der Waals surface area contributed by atoms with Gasteiger partial charge in [-0.2, -0.15) is 12.6 Å². The number of aromatic nitrogens is 1. The van der Waals surface area contributed by atoms with Gasteiger partial charge < -0.3 is 4.74 Å².